The largest absolute Gasteiger partial charge is 0.377 e. The van der Waals surface area contributed by atoms with Crippen molar-refractivity contribution in [1.29, 1.82) is 0 Å². The van der Waals surface area contributed by atoms with Crippen LogP contribution < -0.4 is 10.6 Å². The zero-order valence-electron chi connectivity index (χ0n) is 11.0. The van der Waals surface area contributed by atoms with Crippen LogP contribution in [0.3, 0.4) is 0 Å². The number of hydrogen-bond donors (Lipinski definition) is 1. The van der Waals surface area contributed by atoms with Crippen LogP contribution in [0.5, 0.6) is 0 Å². The van der Waals surface area contributed by atoms with Crippen LogP contribution >= 0.6 is 0 Å². The minimum atomic E-state index is 0.175. The number of nitrogens with two attached hydrogens (primary N) is 1. The Bertz CT molecular complexity index is 587. The number of aromatic nitrogens is 2. The van der Waals surface area contributed by atoms with E-state index in [2.05, 4.69) is 27.2 Å². The minimum Gasteiger partial charge on any atom is -0.377 e. The summed E-state index contributed by atoms with van der Waals surface area (Å²) in [5, 5.41) is 11.0. The van der Waals surface area contributed by atoms with Crippen molar-refractivity contribution in [2.24, 2.45) is 5.73 Å². The van der Waals surface area contributed by atoms with Crippen molar-refractivity contribution in [2.75, 3.05) is 31.2 Å². The molecule has 0 spiro atoms. The first-order chi connectivity index (χ1) is 9.31. The summed E-state index contributed by atoms with van der Waals surface area (Å²) in [6.45, 7) is 4.72. The Morgan fingerprint density at radius 1 is 1.32 bits per heavy atom. The number of benzene rings is 1. The molecule has 0 saturated carbocycles. The normalized spacial score (nSPS) is 19.9. The molecule has 0 bridgehead atoms. The lowest BCUT2D eigenvalue weighted by atomic mass is 10.1. The Morgan fingerprint density at radius 3 is 2.89 bits per heavy atom. The lowest BCUT2D eigenvalue weighted by Gasteiger charge is -2.36. The van der Waals surface area contributed by atoms with Gasteiger partial charge in [0.1, 0.15) is 0 Å². The maximum atomic E-state index is 5.84. The van der Waals surface area contributed by atoms with Gasteiger partial charge < -0.3 is 15.4 Å². The van der Waals surface area contributed by atoms with Crippen molar-refractivity contribution in [3.8, 4) is 0 Å². The zero-order chi connectivity index (χ0) is 13.2. The predicted octanol–water partition coefficient (Wildman–Crippen LogP) is 1.10. The predicted molar refractivity (Wildman–Crippen MR) is 75.3 cm³/mol. The Morgan fingerprint density at radius 2 is 2.11 bits per heavy atom. The zero-order valence-corrected chi connectivity index (χ0v) is 11.0. The van der Waals surface area contributed by atoms with Gasteiger partial charge in [-0.25, -0.2) is 0 Å². The molecule has 0 amide bonds. The van der Waals surface area contributed by atoms with Crippen molar-refractivity contribution in [1.82, 2.24) is 10.2 Å². The molecule has 19 heavy (non-hydrogen) atoms. The summed E-state index contributed by atoms with van der Waals surface area (Å²) in [4.78, 5) is 2.22. The highest BCUT2D eigenvalue weighted by Gasteiger charge is 2.25. The molecule has 2 N–H and O–H groups in total. The molecule has 1 aliphatic rings. The molecule has 2 heterocycles. The summed E-state index contributed by atoms with van der Waals surface area (Å²) in [5.74, 6) is 0.917. The van der Waals surface area contributed by atoms with Gasteiger partial charge in [0.15, 0.2) is 5.82 Å². The lowest BCUT2D eigenvalue weighted by Crippen LogP contribution is -2.50. The Kier molecular flexibility index (Phi) is 3.31. The van der Waals surface area contributed by atoms with Crippen LogP contribution in [0.2, 0.25) is 0 Å². The molecule has 1 aromatic carbocycles. The van der Waals surface area contributed by atoms with Crippen molar-refractivity contribution >= 4 is 16.6 Å². The number of ether oxygens (including phenoxy) is 1. The van der Waals surface area contributed by atoms with E-state index in [1.807, 2.05) is 19.1 Å². The van der Waals surface area contributed by atoms with Gasteiger partial charge in [-0.1, -0.05) is 24.3 Å². The average Bonchev–Trinajstić information content (AvgIpc) is 2.48. The fourth-order valence-corrected chi connectivity index (χ4v) is 2.56. The molecular formula is C14H18N4O. The van der Waals surface area contributed by atoms with Gasteiger partial charge in [-0.2, -0.15) is 5.10 Å². The highest BCUT2D eigenvalue weighted by Crippen LogP contribution is 2.27. The van der Waals surface area contributed by atoms with E-state index in [0.717, 1.165) is 28.8 Å². The molecule has 0 radical (unpaired) electrons. The molecule has 1 saturated heterocycles. The molecule has 5 heteroatoms. The van der Waals surface area contributed by atoms with Gasteiger partial charge in [0, 0.05) is 23.9 Å². The third kappa shape index (κ3) is 2.15. The van der Waals surface area contributed by atoms with Gasteiger partial charge in [-0.15, -0.1) is 5.10 Å². The van der Waals surface area contributed by atoms with Crippen LogP contribution in [0.4, 0.5) is 5.82 Å². The summed E-state index contributed by atoms with van der Waals surface area (Å²) in [7, 11) is 0. The summed E-state index contributed by atoms with van der Waals surface area (Å²) >= 11 is 0. The first kappa shape index (κ1) is 12.3. The molecule has 0 aliphatic carbocycles. The fraction of sp³-hybridized carbons (Fsp3) is 0.429. The van der Waals surface area contributed by atoms with Crippen LogP contribution in [0.1, 0.15) is 5.69 Å². The summed E-state index contributed by atoms with van der Waals surface area (Å²) in [6.07, 6.45) is 0. The Balaban J connectivity index is 2.11. The highest BCUT2D eigenvalue weighted by atomic mass is 16.5. The SMILES string of the molecule is Cc1nnc(N2CCOCC2CN)c2ccccc12. The van der Waals surface area contributed by atoms with Crippen LogP contribution in [0, 0.1) is 6.92 Å². The molecule has 1 aliphatic heterocycles. The Labute approximate surface area is 112 Å². The summed E-state index contributed by atoms with van der Waals surface area (Å²) < 4.78 is 5.49. The van der Waals surface area contributed by atoms with Gasteiger partial charge in [-0.05, 0) is 6.92 Å². The molecule has 5 nitrogen and oxygen atoms in total. The molecule has 1 atom stereocenters. The van der Waals surface area contributed by atoms with E-state index in [9.17, 15) is 0 Å². The molecule has 1 aromatic heterocycles. The quantitative estimate of drug-likeness (QED) is 0.874. The van der Waals surface area contributed by atoms with Crippen molar-refractivity contribution in [3.05, 3.63) is 30.0 Å². The second-order valence-corrected chi connectivity index (χ2v) is 4.81. The minimum absolute atomic E-state index is 0.175. The van der Waals surface area contributed by atoms with Gasteiger partial charge in [0.25, 0.3) is 0 Å². The first-order valence-corrected chi connectivity index (χ1v) is 6.57. The third-order valence-corrected chi connectivity index (χ3v) is 3.62. The maximum Gasteiger partial charge on any atom is 0.159 e. The monoisotopic (exact) mass is 258 g/mol. The summed E-state index contributed by atoms with van der Waals surface area (Å²) in [6, 6.07) is 8.41. The van der Waals surface area contributed by atoms with Crippen molar-refractivity contribution < 1.29 is 4.74 Å². The standard InChI is InChI=1S/C14H18N4O/c1-10-12-4-2-3-5-13(12)14(17-16-10)18-6-7-19-9-11(18)8-15/h2-5,11H,6-9,15H2,1H3. The third-order valence-electron chi connectivity index (χ3n) is 3.62. The fourth-order valence-electron chi connectivity index (χ4n) is 2.56. The molecule has 1 fully saturated rings. The van der Waals surface area contributed by atoms with Gasteiger partial charge >= 0.3 is 0 Å². The van der Waals surface area contributed by atoms with E-state index in [4.69, 9.17) is 10.5 Å². The van der Waals surface area contributed by atoms with E-state index >= 15 is 0 Å². The number of aryl methyl sites for hydroxylation is 1. The van der Waals surface area contributed by atoms with Crippen molar-refractivity contribution in [3.63, 3.8) is 0 Å². The van der Waals surface area contributed by atoms with Crippen LogP contribution in [0.15, 0.2) is 24.3 Å². The van der Waals surface area contributed by atoms with Crippen molar-refractivity contribution in [2.45, 2.75) is 13.0 Å². The number of fused-ring (bicyclic) bond motifs is 1. The first-order valence-electron chi connectivity index (χ1n) is 6.57. The smallest absolute Gasteiger partial charge is 0.159 e. The molecule has 100 valence electrons. The molecule has 2 aromatic rings. The second-order valence-electron chi connectivity index (χ2n) is 4.81. The number of hydrogen-bond acceptors (Lipinski definition) is 5. The highest BCUT2D eigenvalue weighted by molar-refractivity contribution is 5.93. The topological polar surface area (TPSA) is 64.3 Å². The van der Waals surface area contributed by atoms with Crippen LogP contribution in [0.25, 0.3) is 10.8 Å². The van der Waals surface area contributed by atoms with E-state index < -0.39 is 0 Å². The molecule has 3 rings (SSSR count). The van der Waals surface area contributed by atoms with E-state index in [-0.39, 0.29) is 6.04 Å². The van der Waals surface area contributed by atoms with Gasteiger partial charge in [-0.3, -0.25) is 0 Å². The van der Waals surface area contributed by atoms with Gasteiger partial charge in [0.05, 0.1) is 24.9 Å². The van der Waals surface area contributed by atoms with E-state index in [0.29, 0.717) is 19.8 Å². The maximum absolute atomic E-state index is 5.84. The average molecular weight is 258 g/mol. The Hall–Kier alpha value is -1.72. The molecule has 1 unspecified atom stereocenters. The van der Waals surface area contributed by atoms with Gasteiger partial charge in [0.2, 0.25) is 0 Å². The van der Waals surface area contributed by atoms with Crippen LogP contribution in [-0.2, 0) is 4.74 Å². The second kappa shape index (κ2) is 5.11. The summed E-state index contributed by atoms with van der Waals surface area (Å²) in [5.41, 5.74) is 6.79. The lowest BCUT2D eigenvalue weighted by molar-refractivity contribution is 0.0959. The van der Waals surface area contributed by atoms with Crippen LogP contribution in [-0.4, -0.2) is 42.5 Å². The number of rotatable bonds is 2. The molecular weight excluding hydrogens is 240 g/mol. The van der Waals surface area contributed by atoms with E-state index in [1.165, 1.54) is 0 Å². The van der Waals surface area contributed by atoms with E-state index in [1.54, 1.807) is 0 Å². The number of anilines is 1. The number of morpholine rings is 1. The number of nitrogens with zero attached hydrogens (tertiary/aromatic N) is 3.